The lowest BCUT2D eigenvalue weighted by Gasteiger charge is -2.09. The summed E-state index contributed by atoms with van der Waals surface area (Å²) in [5.74, 6) is -0.122. The van der Waals surface area contributed by atoms with Crippen LogP contribution in [0.4, 0.5) is 5.13 Å². The molecule has 0 bridgehead atoms. The first-order chi connectivity index (χ1) is 7.06. The van der Waals surface area contributed by atoms with Crippen molar-refractivity contribution in [3.8, 4) is 0 Å². The Kier molecular flexibility index (Phi) is 2.40. The minimum atomic E-state index is -0.174. The number of hydrogen-bond donors (Lipinski definition) is 1. The van der Waals surface area contributed by atoms with Crippen molar-refractivity contribution in [2.45, 2.75) is 19.8 Å². The van der Waals surface area contributed by atoms with Crippen molar-refractivity contribution in [2.75, 3.05) is 5.32 Å². The summed E-state index contributed by atoms with van der Waals surface area (Å²) in [6, 6.07) is 0. The molecule has 0 saturated carbocycles. The fourth-order valence-electron chi connectivity index (χ4n) is 1.50. The molecule has 0 atom stereocenters. The van der Waals surface area contributed by atoms with E-state index >= 15 is 0 Å². The molecular formula is C10H10N2O2S. The Morgan fingerprint density at radius 1 is 1.53 bits per heavy atom. The van der Waals surface area contributed by atoms with Crippen LogP contribution in [0.5, 0.6) is 0 Å². The average molecular weight is 222 g/mol. The molecule has 5 heteroatoms. The molecule has 4 nitrogen and oxygen atoms in total. The zero-order valence-electron chi connectivity index (χ0n) is 8.29. The highest BCUT2D eigenvalue weighted by Gasteiger charge is 2.24. The normalized spacial score (nSPS) is 15.0. The second kappa shape index (κ2) is 3.58. The van der Waals surface area contributed by atoms with Crippen molar-refractivity contribution < 1.29 is 9.59 Å². The van der Waals surface area contributed by atoms with Gasteiger partial charge < -0.3 is 5.32 Å². The summed E-state index contributed by atoms with van der Waals surface area (Å²) in [4.78, 5) is 27.3. The third kappa shape index (κ3) is 1.97. The van der Waals surface area contributed by atoms with Gasteiger partial charge in [-0.25, -0.2) is 4.98 Å². The molecule has 1 aromatic heterocycles. The number of allylic oxidation sites excluding steroid dienone is 1. The highest BCUT2D eigenvalue weighted by Crippen LogP contribution is 2.31. The van der Waals surface area contributed by atoms with Gasteiger partial charge in [0.25, 0.3) is 0 Å². The van der Waals surface area contributed by atoms with E-state index in [4.69, 9.17) is 0 Å². The van der Waals surface area contributed by atoms with E-state index in [9.17, 15) is 9.59 Å². The number of aromatic nitrogens is 1. The van der Waals surface area contributed by atoms with Crippen molar-refractivity contribution in [1.29, 1.82) is 0 Å². The van der Waals surface area contributed by atoms with Gasteiger partial charge in [-0.15, -0.1) is 0 Å². The molecule has 1 aromatic rings. The molecule has 0 unspecified atom stereocenters. The molecule has 0 fully saturated rings. The predicted octanol–water partition coefficient (Wildman–Crippen LogP) is 1.79. The number of fused-ring (bicyclic) bond motifs is 1. The Labute approximate surface area is 91.0 Å². The third-order valence-electron chi connectivity index (χ3n) is 2.06. The van der Waals surface area contributed by atoms with Gasteiger partial charge in [0.1, 0.15) is 0 Å². The van der Waals surface area contributed by atoms with Crippen molar-refractivity contribution in [1.82, 2.24) is 4.98 Å². The molecular weight excluding hydrogens is 212 g/mol. The van der Waals surface area contributed by atoms with Crippen molar-refractivity contribution in [3.05, 3.63) is 22.7 Å². The molecule has 1 N–H and O–H groups in total. The maximum absolute atomic E-state index is 11.6. The van der Waals surface area contributed by atoms with Gasteiger partial charge in [0.05, 0.1) is 10.6 Å². The van der Waals surface area contributed by atoms with Gasteiger partial charge in [0.2, 0.25) is 5.91 Å². The van der Waals surface area contributed by atoms with Crippen LogP contribution in [0.15, 0.2) is 12.2 Å². The van der Waals surface area contributed by atoms with E-state index in [2.05, 4.69) is 16.9 Å². The van der Waals surface area contributed by atoms with Crippen LogP contribution in [-0.2, 0) is 11.2 Å². The lowest BCUT2D eigenvalue weighted by atomic mass is 9.97. The second-order valence-electron chi connectivity index (χ2n) is 3.50. The summed E-state index contributed by atoms with van der Waals surface area (Å²) in [6.45, 7) is 5.21. The molecule has 78 valence electrons. The minimum Gasteiger partial charge on any atom is -0.302 e. The summed E-state index contributed by atoms with van der Waals surface area (Å²) >= 11 is 1.24. The van der Waals surface area contributed by atoms with Crippen LogP contribution >= 0.6 is 11.3 Å². The molecule has 15 heavy (non-hydrogen) atoms. The summed E-state index contributed by atoms with van der Waals surface area (Å²) < 4.78 is 0. The standard InChI is InChI=1S/C10H10N2O2S/c1-5-3-7-9(8(14)4-5)15-10(12-7)11-6(2)13/h1,3-4H2,2H3,(H,11,12,13). The predicted molar refractivity (Wildman–Crippen MR) is 58.2 cm³/mol. The number of thiazole rings is 1. The molecule has 0 saturated heterocycles. The number of Topliss-reactive ketones (excluding diaryl/α,β-unsaturated/α-hetero) is 1. The summed E-state index contributed by atoms with van der Waals surface area (Å²) in [5.41, 5.74) is 1.62. The fraction of sp³-hybridized carbons (Fsp3) is 0.300. The van der Waals surface area contributed by atoms with Crippen molar-refractivity contribution >= 4 is 28.2 Å². The lowest BCUT2D eigenvalue weighted by molar-refractivity contribution is -0.114. The first-order valence-electron chi connectivity index (χ1n) is 4.53. The highest BCUT2D eigenvalue weighted by atomic mass is 32.1. The third-order valence-corrected chi connectivity index (χ3v) is 3.12. The lowest BCUT2D eigenvalue weighted by Crippen LogP contribution is -2.10. The summed E-state index contributed by atoms with van der Waals surface area (Å²) in [5, 5.41) is 3.08. The van der Waals surface area contributed by atoms with Crippen LogP contribution in [-0.4, -0.2) is 16.7 Å². The summed E-state index contributed by atoms with van der Waals surface area (Å²) in [6.07, 6.45) is 1.03. The number of ketones is 1. The largest absolute Gasteiger partial charge is 0.302 e. The Balaban J connectivity index is 2.34. The van der Waals surface area contributed by atoms with E-state index in [0.717, 1.165) is 11.3 Å². The quantitative estimate of drug-likeness (QED) is 0.737. The molecule has 1 amide bonds. The van der Waals surface area contributed by atoms with Crippen LogP contribution in [0.2, 0.25) is 0 Å². The Morgan fingerprint density at radius 3 is 2.93 bits per heavy atom. The van der Waals surface area contributed by atoms with Gasteiger partial charge in [-0.1, -0.05) is 23.5 Å². The molecule has 0 radical (unpaired) electrons. The van der Waals surface area contributed by atoms with Gasteiger partial charge in [-0.2, -0.15) is 0 Å². The van der Waals surface area contributed by atoms with Crippen LogP contribution in [0.3, 0.4) is 0 Å². The van der Waals surface area contributed by atoms with Gasteiger partial charge in [0.15, 0.2) is 10.9 Å². The molecule has 0 aromatic carbocycles. The van der Waals surface area contributed by atoms with E-state index in [1.807, 2.05) is 0 Å². The number of carbonyl (C=O) groups is 2. The van der Waals surface area contributed by atoms with E-state index in [1.54, 1.807) is 0 Å². The SMILES string of the molecule is C=C1CC(=O)c2sc(NC(C)=O)nc2C1. The number of anilines is 1. The zero-order chi connectivity index (χ0) is 11.0. The molecule has 2 rings (SSSR count). The molecule has 1 aliphatic carbocycles. The van der Waals surface area contributed by atoms with E-state index in [-0.39, 0.29) is 11.7 Å². The van der Waals surface area contributed by atoms with E-state index in [0.29, 0.717) is 22.9 Å². The molecule has 0 spiro atoms. The Bertz CT molecular complexity index is 462. The molecule has 1 heterocycles. The monoisotopic (exact) mass is 222 g/mol. The van der Waals surface area contributed by atoms with E-state index < -0.39 is 0 Å². The maximum atomic E-state index is 11.6. The fourth-order valence-corrected chi connectivity index (χ4v) is 2.47. The van der Waals surface area contributed by atoms with Crippen LogP contribution < -0.4 is 5.32 Å². The van der Waals surface area contributed by atoms with Crippen molar-refractivity contribution in [2.24, 2.45) is 0 Å². The number of hydrogen-bond acceptors (Lipinski definition) is 4. The van der Waals surface area contributed by atoms with Gasteiger partial charge >= 0.3 is 0 Å². The van der Waals surface area contributed by atoms with E-state index in [1.165, 1.54) is 18.3 Å². The number of nitrogens with zero attached hydrogens (tertiary/aromatic N) is 1. The van der Waals surface area contributed by atoms with Crippen LogP contribution in [0.25, 0.3) is 0 Å². The molecule has 0 aliphatic heterocycles. The number of carbonyl (C=O) groups excluding carboxylic acids is 2. The van der Waals surface area contributed by atoms with Crippen LogP contribution in [0.1, 0.15) is 28.7 Å². The van der Waals surface area contributed by atoms with Crippen molar-refractivity contribution in [3.63, 3.8) is 0 Å². The topological polar surface area (TPSA) is 59.1 Å². The number of amides is 1. The maximum Gasteiger partial charge on any atom is 0.223 e. The Hall–Kier alpha value is -1.49. The Morgan fingerprint density at radius 2 is 2.27 bits per heavy atom. The minimum absolute atomic E-state index is 0.0513. The zero-order valence-corrected chi connectivity index (χ0v) is 9.11. The number of nitrogens with one attached hydrogen (secondary N) is 1. The van der Waals surface area contributed by atoms with Crippen LogP contribution in [0, 0.1) is 0 Å². The summed E-state index contributed by atoms with van der Waals surface area (Å²) in [7, 11) is 0. The number of rotatable bonds is 1. The van der Waals surface area contributed by atoms with Gasteiger partial charge in [-0.3, -0.25) is 9.59 Å². The first-order valence-corrected chi connectivity index (χ1v) is 5.35. The van der Waals surface area contributed by atoms with Gasteiger partial charge in [0, 0.05) is 19.8 Å². The highest BCUT2D eigenvalue weighted by molar-refractivity contribution is 7.17. The molecule has 1 aliphatic rings. The average Bonchev–Trinajstić information content (AvgIpc) is 2.45. The second-order valence-corrected chi connectivity index (χ2v) is 4.50. The first kappa shape index (κ1) is 10.0. The smallest absolute Gasteiger partial charge is 0.223 e. The van der Waals surface area contributed by atoms with Gasteiger partial charge in [-0.05, 0) is 0 Å².